The van der Waals surface area contributed by atoms with Gasteiger partial charge in [0.2, 0.25) is 0 Å². The highest BCUT2D eigenvalue weighted by atomic mass is 19.2. The first-order valence-corrected chi connectivity index (χ1v) is 3.60. The van der Waals surface area contributed by atoms with Gasteiger partial charge in [0.1, 0.15) is 0 Å². The summed E-state index contributed by atoms with van der Waals surface area (Å²) in [5.41, 5.74) is 0.310. The van der Waals surface area contributed by atoms with E-state index in [2.05, 4.69) is 0 Å². The van der Waals surface area contributed by atoms with Gasteiger partial charge in [-0.1, -0.05) is 4.48 Å². The van der Waals surface area contributed by atoms with E-state index in [0.717, 1.165) is 0 Å². The average molecular weight is 180 g/mol. The second-order valence-electron chi connectivity index (χ2n) is 2.63. The number of benzene rings is 1. The molecule has 0 amide bonds. The summed E-state index contributed by atoms with van der Waals surface area (Å²) in [5, 5.41) is 10.9. The number of nitrogens with zero attached hydrogens (tertiary/aromatic N) is 2. The van der Waals surface area contributed by atoms with Crippen molar-refractivity contribution >= 4 is 16.6 Å². The number of hydrogen-bond acceptors (Lipinski definition) is 2. The van der Waals surface area contributed by atoms with Crippen LogP contribution >= 0.6 is 0 Å². The van der Waals surface area contributed by atoms with Crippen molar-refractivity contribution in [1.82, 2.24) is 4.79 Å². The Morgan fingerprint density at radius 3 is 2.85 bits per heavy atom. The van der Waals surface area contributed by atoms with Crippen LogP contribution in [0, 0.1) is 10.1 Å². The molecule has 0 bridgehead atoms. The van der Waals surface area contributed by atoms with E-state index < -0.39 is 4.92 Å². The monoisotopic (exact) mass is 180 g/mol. The summed E-state index contributed by atoms with van der Waals surface area (Å²) in [6.07, 6.45) is 1.22. The van der Waals surface area contributed by atoms with Crippen molar-refractivity contribution in [3.63, 3.8) is 0 Å². The Morgan fingerprint density at radius 2 is 2.15 bits per heavy atom. The lowest BCUT2D eigenvalue weighted by molar-refractivity contribution is -0.384. The van der Waals surface area contributed by atoms with Crippen molar-refractivity contribution < 1.29 is 9.40 Å². The van der Waals surface area contributed by atoms with Gasteiger partial charge in [-0.15, -0.1) is 0 Å². The SMILES string of the molecule is O=[N+]([O-])c1ccc2c(ccn2F)c1. The molecule has 0 unspecified atom stereocenters. The Labute approximate surface area is 72.3 Å². The lowest BCUT2D eigenvalue weighted by atomic mass is 10.2. The van der Waals surface area contributed by atoms with Gasteiger partial charge in [0.25, 0.3) is 5.69 Å². The summed E-state index contributed by atoms with van der Waals surface area (Å²) in [7, 11) is 0. The maximum atomic E-state index is 12.8. The molecule has 4 nitrogen and oxygen atoms in total. The fourth-order valence-corrected chi connectivity index (χ4v) is 1.21. The molecular weight excluding hydrogens is 175 g/mol. The number of non-ortho nitro benzene ring substituents is 1. The molecular formula is C8H5FN2O2. The molecule has 2 rings (SSSR count). The van der Waals surface area contributed by atoms with Gasteiger partial charge >= 0.3 is 0 Å². The van der Waals surface area contributed by atoms with Crippen LogP contribution in [-0.4, -0.2) is 9.71 Å². The molecule has 0 spiro atoms. The van der Waals surface area contributed by atoms with E-state index >= 15 is 0 Å². The molecule has 0 radical (unpaired) electrons. The standard InChI is InChI=1S/C8H5FN2O2/c9-10-4-3-6-5-7(11(12)13)1-2-8(6)10/h1-5H. The molecule has 1 aromatic heterocycles. The second kappa shape index (κ2) is 2.55. The van der Waals surface area contributed by atoms with Crippen LogP contribution in [0.2, 0.25) is 0 Å². The Bertz CT molecular complexity index is 478. The predicted octanol–water partition coefficient (Wildman–Crippen LogP) is 2.28. The maximum Gasteiger partial charge on any atom is 0.270 e. The van der Waals surface area contributed by atoms with Gasteiger partial charge in [-0.2, -0.15) is 4.79 Å². The van der Waals surface area contributed by atoms with E-state index in [4.69, 9.17) is 0 Å². The van der Waals surface area contributed by atoms with E-state index in [1.807, 2.05) is 0 Å². The molecule has 0 aliphatic rings. The topological polar surface area (TPSA) is 48.1 Å². The summed E-state index contributed by atoms with van der Waals surface area (Å²) in [5.74, 6) is 0. The molecule has 0 fully saturated rings. The molecule has 2 aromatic rings. The number of nitro groups is 1. The number of nitro benzene ring substituents is 1. The zero-order valence-electron chi connectivity index (χ0n) is 6.48. The minimum absolute atomic E-state index is 0.0290. The summed E-state index contributed by atoms with van der Waals surface area (Å²) < 4.78 is 12.8. The van der Waals surface area contributed by atoms with Crippen molar-refractivity contribution in [3.05, 3.63) is 40.6 Å². The van der Waals surface area contributed by atoms with Crippen molar-refractivity contribution in [3.8, 4) is 0 Å². The molecule has 0 saturated heterocycles. The maximum absolute atomic E-state index is 12.8. The molecule has 5 heteroatoms. The summed E-state index contributed by atoms with van der Waals surface area (Å²) >= 11 is 0. The Morgan fingerprint density at radius 1 is 1.38 bits per heavy atom. The Balaban J connectivity index is 2.70. The van der Waals surface area contributed by atoms with Crippen LogP contribution in [0.5, 0.6) is 0 Å². The van der Waals surface area contributed by atoms with Crippen LogP contribution in [0.1, 0.15) is 0 Å². The van der Waals surface area contributed by atoms with Crippen LogP contribution in [0.3, 0.4) is 0 Å². The number of hydrogen-bond donors (Lipinski definition) is 0. The second-order valence-corrected chi connectivity index (χ2v) is 2.63. The normalized spacial score (nSPS) is 10.5. The third-order valence-electron chi connectivity index (χ3n) is 1.84. The van der Waals surface area contributed by atoms with Gasteiger partial charge in [-0.3, -0.25) is 10.1 Å². The number of aromatic nitrogens is 1. The first-order valence-electron chi connectivity index (χ1n) is 3.60. The Kier molecular flexibility index (Phi) is 1.51. The fourth-order valence-electron chi connectivity index (χ4n) is 1.21. The molecule has 66 valence electrons. The van der Waals surface area contributed by atoms with Crippen LogP contribution in [0.15, 0.2) is 30.5 Å². The summed E-state index contributed by atoms with van der Waals surface area (Å²) in [6, 6.07) is 5.49. The molecule has 0 aliphatic carbocycles. The molecule has 1 aromatic carbocycles. The van der Waals surface area contributed by atoms with Crippen molar-refractivity contribution in [2.45, 2.75) is 0 Å². The van der Waals surface area contributed by atoms with Gasteiger partial charge in [0.15, 0.2) is 0 Å². The summed E-state index contributed by atoms with van der Waals surface area (Å²) in [6.45, 7) is 0. The van der Waals surface area contributed by atoms with Gasteiger partial charge in [-0.25, -0.2) is 0 Å². The van der Waals surface area contributed by atoms with Crippen LogP contribution in [0.25, 0.3) is 10.9 Å². The van der Waals surface area contributed by atoms with E-state index in [1.165, 1.54) is 30.5 Å². The van der Waals surface area contributed by atoms with E-state index in [9.17, 15) is 14.6 Å². The highest BCUT2D eigenvalue weighted by Crippen LogP contribution is 2.21. The zero-order valence-corrected chi connectivity index (χ0v) is 6.48. The lowest BCUT2D eigenvalue weighted by Crippen LogP contribution is -1.87. The van der Waals surface area contributed by atoms with Crippen LogP contribution in [-0.2, 0) is 0 Å². The van der Waals surface area contributed by atoms with Crippen LogP contribution in [0.4, 0.5) is 10.2 Å². The quantitative estimate of drug-likeness (QED) is 0.499. The highest BCUT2D eigenvalue weighted by Gasteiger charge is 2.07. The third-order valence-corrected chi connectivity index (χ3v) is 1.84. The average Bonchev–Trinajstić information content (AvgIpc) is 2.47. The molecule has 0 aliphatic heterocycles. The van der Waals surface area contributed by atoms with Crippen molar-refractivity contribution in [1.29, 1.82) is 0 Å². The number of halogens is 1. The van der Waals surface area contributed by atoms with Gasteiger partial charge < -0.3 is 0 Å². The van der Waals surface area contributed by atoms with Gasteiger partial charge in [0.05, 0.1) is 10.4 Å². The number of fused-ring (bicyclic) bond motifs is 1. The van der Waals surface area contributed by atoms with Gasteiger partial charge in [0, 0.05) is 23.7 Å². The van der Waals surface area contributed by atoms with E-state index in [-0.39, 0.29) is 5.69 Å². The zero-order chi connectivity index (χ0) is 9.42. The first-order chi connectivity index (χ1) is 6.18. The molecule has 1 heterocycles. The fraction of sp³-hybridized carbons (Fsp3) is 0. The molecule has 0 atom stereocenters. The minimum atomic E-state index is -0.505. The van der Waals surface area contributed by atoms with E-state index in [1.54, 1.807) is 0 Å². The van der Waals surface area contributed by atoms with Gasteiger partial charge in [-0.05, 0) is 12.1 Å². The van der Waals surface area contributed by atoms with Crippen molar-refractivity contribution in [2.24, 2.45) is 0 Å². The largest absolute Gasteiger partial charge is 0.270 e. The summed E-state index contributed by atoms with van der Waals surface area (Å²) in [4.78, 5) is 10.3. The molecule has 0 N–H and O–H groups in total. The van der Waals surface area contributed by atoms with E-state index in [0.29, 0.717) is 15.7 Å². The smallest absolute Gasteiger partial charge is 0.258 e. The van der Waals surface area contributed by atoms with Crippen LogP contribution < -0.4 is 0 Å². The lowest BCUT2D eigenvalue weighted by Gasteiger charge is -1.92. The van der Waals surface area contributed by atoms with Crippen molar-refractivity contribution in [2.75, 3.05) is 0 Å². The number of rotatable bonds is 1. The molecule has 0 saturated carbocycles. The third kappa shape index (κ3) is 1.14. The molecule has 13 heavy (non-hydrogen) atoms. The minimum Gasteiger partial charge on any atom is -0.258 e. The Hall–Kier alpha value is -1.91. The predicted molar refractivity (Wildman–Crippen MR) is 45.1 cm³/mol. The first kappa shape index (κ1) is 7.72. The highest BCUT2D eigenvalue weighted by molar-refractivity contribution is 5.82.